The lowest BCUT2D eigenvalue weighted by Crippen LogP contribution is -2.40. The number of carbonyl (C=O) groups is 3. The van der Waals surface area contributed by atoms with Crippen molar-refractivity contribution in [1.82, 2.24) is 0 Å². The predicted octanol–water partition coefficient (Wildman–Crippen LogP) is 5.17. The van der Waals surface area contributed by atoms with E-state index in [-0.39, 0.29) is 17.7 Å². The number of ketones is 1. The zero-order valence-electron chi connectivity index (χ0n) is 19.6. The Morgan fingerprint density at radius 3 is 2.43 bits per heavy atom. The molecule has 0 fully saturated rings. The number of carboxylic acids is 1. The van der Waals surface area contributed by atoms with Gasteiger partial charge in [0.2, 0.25) is 6.29 Å². The molecule has 5 rings (SSSR count). The normalized spacial score (nSPS) is 19.9. The number of ether oxygens (including phenoxy) is 1. The van der Waals surface area contributed by atoms with E-state index in [1.807, 2.05) is 24.5 Å². The molecule has 3 aromatic carbocycles. The molecule has 1 radical (unpaired) electrons. The topological polar surface area (TPSA) is 97.7 Å². The van der Waals surface area contributed by atoms with Crippen molar-refractivity contribution in [3.8, 4) is 0 Å². The minimum atomic E-state index is -1.91. The number of esters is 1. The molecule has 2 aliphatic rings. The summed E-state index contributed by atoms with van der Waals surface area (Å²) in [5, 5.41) is 11.1. The number of benzene rings is 3. The molecule has 0 spiro atoms. The van der Waals surface area contributed by atoms with Crippen LogP contribution in [-0.2, 0) is 20.9 Å². The largest absolute Gasteiger partial charge is 0.478 e. The van der Waals surface area contributed by atoms with Gasteiger partial charge in [0, 0.05) is 5.56 Å². The number of fused-ring (bicyclic) bond motifs is 2. The lowest BCUT2D eigenvalue weighted by Gasteiger charge is -2.30. The number of hydrogen-bond donors (Lipinski definition) is 1. The summed E-state index contributed by atoms with van der Waals surface area (Å²) >= 11 is 0. The van der Waals surface area contributed by atoms with Crippen molar-refractivity contribution >= 4 is 34.8 Å². The summed E-state index contributed by atoms with van der Waals surface area (Å²) in [6.07, 6.45) is 11.3. The van der Waals surface area contributed by atoms with Crippen LogP contribution in [0.25, 0.3) is 10.8 Å². The monoisotopic (exact) mass is 489 g/mol. The SMILES string of the molecule is O=[C]C1C=CC2=CC(C(=O)OCc3ccccc3)(C(=O)c3ccc4ccccc4c3C(=O)O)C=CC2=C1. The van der Waals surface area contributed by atoms with Crippen molar-refractivity contribution in [3.05, 3.63) is 131 Å². The fraction of sp³-hybridized carbons (Fsp3) is 0.0968. The fourth-order valence-electron chi connectivity index (χ4n) is 4.64. The first-order chi connectivity index (χ1) is 17.9. The molecule has 0 saturated carbocycles. The Morgan fingerprint density at radius 2 is 1.68 bits per heavy atom. The highest BCUT2D eigenvalue weighted by Gasteiger charge is 2.47. The lowest BCUT2D eigenvalue weighted by atomic mass is 9.72. The zero-order valence-corrected chi connectivity index (χ0v) is 19.6. The van der Waals surface area contributed by atoms with Crippen LogP contribution >= 0.6 is 0 Å². The van der Waals surface area contributed by atoms with E-state index in [0.29, 0.717) is 21.9 Å². The minimum absolute atomic E-state index is 0.0596. The van der Waals surface area contributed by atoms with Gasteiger partial charge in [-0.1, -0.05) is 91.0 Å². The van der Waals surface area contributed by atoms with E-state index in [1.54, 1.807) is 66.8 Å². The Labute approximate surface area is 212 Å². The molecule has 2 aliphatic carbocycles. The molecule has 0 bridgehead atoms. The van der Waals surface area contributed by atoms with E-state index in [1.165, 1.54) is 18.2 Å². The van der Waals surface area contributed by atoms with Gasteiger partial charge < -0.3 is 9.84 Å². The van der Waals surface area contributed by atoms with Gasteiger partial charge in [-0.2, -0.15) is 0 Å². The highest BCUT2D eigenvalue weighted by atomic mass is 16.5. The smallest absolute Gasteiger partial charge is 0.337 e. The molecule has 37 heavy (non-hydrogen) atoms. The van der Waals surface area contributed by atoms with Crippen LogP contribution in [0.1, 0.15) is 26.3 Å². The first kappa shape index (κ1) is 23.9. The second-order valence-electron chi connectivity index (χ2n) is 8.83. The van der Waals surface area contributed by atoms with Crippen molar-refractivity contribution < 1.29 is 29.0 Å². The summed E-state index contributed by atoms with van der Waals surface area (Å²) in [5.74, 6) is -3.35. The molecule has 3 aromatic rings. The van der Waals surface area contributed by atoms with Gasteiger partial charge in [-0.15, -0.1) is 0 Å². The average molecular weight is 490 g/mol. The molecule has 0 heterocycles. The second-order valence-corrected chi connectivity index (χ2v) is 8.83. The van der Waals surface area contributed by atoms with Gasteiger partial charge in [0.25, 0.3) is 0 Å². The Bertz CT molecular complexity index is 1560. The number of carbonyl (C=O) groups excluding carboxylic acids is 3. The van der Waals surface area contributed by atoms with Crippen molar-refractivity contribution in [2.24, 2.45) is 11.3 Å². The van der Waals surface area contributed by atoms with Gasteiger partial charge in [0.15, 0.2) is 11.2 Å². The summed E-state index contributed by atoms with van der Waals surface area (Å²) in [5.41, 5.74) is -0.234. The summed E-state index contributed by atoms with van der Waals surface area (Å²) in [7, 11) is 0. The molecule has 0 amide bonds. The number of hydrogen-bond acceptors (Lipinski definition) is 5. The van der Waals surface area contributed by atoms with Gasteiger partial charge in [0.05, 0.1) is 11.5 Å². The molecule has 6 heteroatoms. The first-order valence-electron chi connectivity index (χ1n) is 11.6. The van der Waals surface area contributed by atoms with Gasteiger partial charge >= 0.3 is 11.9 Å². The maximum absolute atomic E-state index is 14.2. The Hall–Kier alpha value is -4.84. The van der Waals surface area contributed by atoms with Crippen molar-refractivity contribution in [1.29, 1.82) is 0 Å². The summed E-state index contributed by atoms with van der Waals surface area (Å²) < 4.78 is 5.61. The predicted molar refractivity (Wildman–Crippen MR) is 138 cm³/mol. The minimum Gasteiger partial charge on any atom is -0.478 e. The van der Waals surface area contributed by atoms with E-state index in [4.69, 9.17) is 4.74 Å². The van der Waals surface area contributed by atoms with E-state index < -0.39 is 29.1 Å². The molecule has 2 atom stereocenters. The van der Waals surface area contributed by atoms with E-state index in [9.17, 15) is 24.3 Å². The molecule has 1 N–H and O–H groups in total. The van der Waals surface area contributed by atoms with Crippen molar-refractivity contribution in [2.75, 3.05) is 0 Å². The van der Waals surface area contributed by atoms with Crippen LogP contribution in [0.4, 0.5) is 0 Å². The van der Waals surface area contributed by atoms with Crippen LogP contribution in [0.5, 0.6) is 0 Å². The van der Waals surface area contributed by atoms with Crippen LogP contribution in [-0.4, -0.2) is 29.1 Å². The summed E-state index contributed by atoms with van der Waals surface area (Å²) in [6, 6.07) is 19.0. The van der Waals surface area contributed by atoms with Gasteiger partial charge in [-0.05, 0) is 39.6 Å². The molecular weight excluding hydrogens is 468 g/mol. The molecule has 0 saturated heterocycles. The number of aromatic carboxylic acids is 1. The number of allylic oxidation sites excluding steroid dienone is 6. The summed E-state index contributed by atoms with van der Waals surface area (Å²) in [4.78, 5) is 51.3. The maximum atomic E-state index is 14.2. The van der Waals surface area contributed by atoms with Gasteiger partial charge in [-0.25, -0.2) is 4.79 Å². The van der Waals surface area contributed by atoms with Crippen molar-refractivity contribution in [3.63, 3.8) is 0 Å². The van der Waals surface area contributed by atoms with Gasteiger partial charge in [0.1, 0.15) is 6.61 Å². The Morgan fingerprint density at radius 1 is 0.919 bits per heavy atom. The van der Waals surface area contributed by atoms with Crippen LogP contribution in [0.3, 0.4) is 0 Å². The third kappa shape index (κ3) is 4.34. The third-order valence-electron chi connectivity index (χ3n) is 6.53. The molecule has 181 valence electrons. The fourth-order valence-corrected chi connectivity index (χ4v) is 4.64. The first-order valence-corrected chi connectivity index (χ1v) is 11.6. The molecule has 2 unspecified atom stereocenters. The highest BCUT2D eigenvalue weighted by Crippen LogP contribution is 2.40. The number of Topliss-reactive ketones (excluding diaryl/α,β-unsaturated/α-hetero) is 1. The zero-order chi connectivity index (χ0) is 26.0. The number of rotatable bonds is 7. The molecular formula is C31H21O6. The van der Waals surface area contributed by atoms with Crippen LogP contribution in [0.15, 0.2) is 114 Å². The highest BCUT2D eigenvalue weighted by molar-refractivity contribution is 6.22. The Balaban J connectivity index is 1.63. The molecule has 0 aliphatic heterocycles. The average Bonchev–Trinajstić information content (AvgIpc) is 2.94. The number of carboxylic acid groups (broad SMARTS) is 1. The standard InChI is InChI=1S/C31H21O6/c32-18-21-10-11-24-17-31(15-14-23(24)16-21,30(36)37-19-20-6-2-1-3-7-20)28(33)26-13-12-22-8-4-5-9-25(22)27(26)29(34)35/h1-17,21H,19H2,(H,34,35). The second kappa shape index (κ2) is 9.66. The quantitative estimate of drug-likeness (QED) is 0.279. The van der Waals surface area contributed by atoms with E-state index >= 15 is 0 Å². The van der Waals surface area contributed by atoms with Crippen LogP contribution in [0, 0.1) is 11.3 Å². The maximum Gasteiger partial charge on any atom is 0.337 e. The van der Waals surface area contributed by atoms with Gasteiger partial charge in [-0.3, -0.25) is 14.4 Å². The van der Waals surface area contributed by atoms with E-state index in [2.05, 4.69) is 0 Å². The molecule has 6 nitrogen and oxygen atoms in total. The van der Waals surface area contributed by atoms with Crippen LogP contribution < -0.4 is 0 Å². The van der Waals surface area contributed by atoms with Crippen LogP contribution in [0.2, 0.25) is 0 Å². The third-order valence-corrected chi connectivity index (χ3v) is 6.53. The van der Waals surface area contributed by atoms with Crippen molar-refractivity contribution in [2.45, 2.75) is 6.61 Å². The molecule has 0 aromatic heterocycles. The summed E-state index contributed by atoms with van der Waals surface area (Å²) in [6.45, 7) is -0.0596. The lowest BCUT2D eigenvalue weighted by molar-refractivity contribution is -0.149. The van der Waals surface area contributed by atoms with E-state index in [0.717, 1.165) is 5.56 Å². The Kier molecular flexibility index (Phi) is 6.24.